The molecule has 0 atom stereocenters. The Morgan fingerprint density at radius 1 is 1.67 bits per heavy atom. The lowest BCUT2D eigenvalue weighted by atomic mass is 10.2. The monoisotopic (exact) mass is 329 g/mol. The van der Waals surface area contributed by atoms with Crippen molar-refractivity contribution in [1.82, 2.24) is 4.98 Å². The number of hydrogen-bond donors (Lipinski definition) is 1. The summed E-state index contributed by atoms with van der Waals surface area (Å²) in [6, 6.07) is 1.10. The number of hydrogen-bond acceptors (Lipinski definition) is 4. The van der Waals surface area contributed by atoms with Crippen LogP contribution in [0, 0.1) is 13.7 Å². The molecule has 0 aliphatic carbocycles. The Kier molecular flexibility index (Phi) is 3.85. The van der Waals surface area contributed by atoms with Crippen molar-refractivity contribution >= 4 is 28.4 Å². The molecule has 0 spiro atoms. The van der Waals surface area contributed by atoms with Crippen molar-refractivity contribution < 1.29 is 13.7 Å². The number of nitrogens with zero attached hydrogens (tertiary/aromatic N) is 2. The van der Waals surface area contributed by atoms with Gasteiger partial charge >= 0.3 is 12.2 Å². The normalized spacial score (nSPS) is 10.7. The van der Waals surface area contributed by atoms with Crippen molar-refractivity contribution in [2.45, 2.75) is 13.0 Å². The molecule has 0 fully saturated rings. The number of rotatable bonds is 3. The van der Waals surface area contributed by atoms with E-state index in [1.165, 1.54) is 0 Å². The number of pyridine rings is 1. The highest BCUT2D eigenvalue weighted by atomic mass is 127. The fourth-order valence-corrected chi connectivity index (χ4v) is 1.78. The van der Waals surface area contributed by atoms with Crippen LogP contribution >= 0.6 is 22.6 Å². The van der Waals surface area contributed by atoms with Crippen molar-refractivity contribution in [2.75, 3.05) is 0 Å². The van der Waals surface area contributed by atoms with E-state index in [4.69, 9.17) is 5.73 Å². The second kappa shape index (κ2) is 4.75. The van der Waals surface area contributed by atoms with E-state index in [-0.39, 0.29) is 12.1 Å². The predicted molar refractivity (Wildman–Crippen MR) is 56.5 cm³/mol. The van der Waals surface area contributed by atoms with Crippen LogP contribution < -0.4 is 5.73 Å². The third kappa shape index (κ3) is 2.56. The maximum atomic E-state index is 12.3. The SMILES string of the molecule is NCc1c(I)cc(C(F)F)nc1[N+](=O)[O-]. The number of nitrogens with two attached hydrogens (primary N) is 1. The summed E-state index contributed by atoms with van der Waals surface area (Å²) in [6.07, 6.45) is -2.83. The molecule has 15 heavy (non-hydrogen) atoms. The number of aromatic nitrogens is 1. The lowest BCUT2D eigenvalue weighted by Gasteiger charge is -2.03. The second-order valence-corrected chi connectivity index (χ2v) is 3.76. The predicted octanol–water partition coefficient (Wildman–Crippen LogP) is 1.99. The summed E-state index contributed by atoms with van der Waals surface area (Å²) in [7, 11) is 0. The van der Waals surface area contributed by atoms with Gasteiger partial charge in [0.05, 0.1) is 5.56 Å². The van der Waals surface area contributed by atoms with E-state index in [1.807, 2.05) is 0 Å². The molecule has 0 unspecified atom stereocenters. The first-order valence-electron chi connectivity index (χ1n) is 3.79. The summed E-state index contributed by atoms with van der Waals surface area (Å²) in [6.45, 7) is -0.106. The van der Waals surface area contributed by atoms with Crippen molar-refractivity contribution in [3.8, 4) is 0 Å². The molecule has 0 amide bonds. The largest absolute Gasteiger partial charge is 0.369 e. The Morgan fingerprint density at radius 3 is 2.67 bits per heavy atom. The highest BCUT2D eigenvalue weighted by Crippen LogP contribution is 2.26. The van der Waals surface area contributed by atoms with Crippen molar-refractivity contribution in [3.63, 3.8) is 0 Å². The van der Waals surface area contributed by atoms with E-state index in [2.05, 4.69) is 4.98 Å². The molecule has 2 N–H and O–H groups in total. The zero-order valence-corrected chi connectivity index (χ0v) is 9.44. The molecule has 0 aliphatic heterocycles. The topological polar surface area (TPSA) is 82.0 Å². The molecule has 1 rings (SSSR count). The molecule has 0 saturated heterocycles. The van der Waals surface area contributed by atoms with E-state index >= 15 is 0 Å². The maximum Gasteiger partial charge on any atom is 0.369 e. The molecule has 0 aromatic carbocycles. The number of halogens is 3. The molecule has 82 valence electrons. The number of alkyl halides is 2. The lowest BCUT2D eigenvalue weighted by Crippen LogP contribution is -2.08. The van der Waals surface area contributed by atoms with Crippen LogP contribution in [-0.2, 0) is 6.54 Å². The summed E-state index contributed by atoms with van der Waals surface area (Å²) < 4.78 is 24.9. The van der Waals surface area contributed by atoms with Crippen LogP contribution in [0.4, 0.5) is 14.6 Å². The molecule has 0 saturated carbocycles. The van der Waals surface area contributed by atoms with Gasteiger partial charge in [-0.25, -0.2) is 8.78 Å². The van der Waals surface area contributed by atoms with Gasteiger partial charge in [0, 0.05) is 16.2 Å². The van der Waals surface area contributed by atoms with E-state index < -0.39 is 22.9 Å². The van der Waals surface area contributed by atoms with Crippen molar-refractivity contribution in [3.05, 3.63) is 31.0 Å². The van der Waals surface area contributed by atoms with Crippen LogP contribution in [0.1, 0.15) is 17.7 Å². The molecule has 1 aromatic rings. The molecule has 0 aliphatic rings. The van der Waals surface area contributed by atoms with Crippen molar-refractivity contribution in [2.24, 2.45) is 5.73 Å². The summed E-state index contributed by atoms with van der Waals surface area (Å²) in [4.78, 5) is 13.0. The molecule has 0 bridgehead atoms. The first-order valence-corrected chi connectivity index (χ1v) is 4.87. The van der Waals surface area contributed by atoms with E-state index in [0.29, 0.717) is 3.57 Å². The fraction of sp³-hybridized carbons (Fsp3) is 0.286. The van der Waals surface area contributed by atoms with Crippen LogP contribution in [0.2, 0.25) is 0 Å². The minimum atomic E-state index is -2.83. The Morgan fingerprint density at radius 2 is 2.27 bits per heavy atom. The average molecular weight is 329 g/mol. The fourth-order valence-electron chi connectivity index (χ4n) is 0.997. The van der Waals surface area contributed by atoms with Crippen molar-refractivity contribution in [1.29, 1.82) is 0 Å². The van der Waals surface area contributed by atoms with Gasteiger partial charge in [0.15, 0.2) is 0 Å². The average Bonchev–Trinajstić information content (AvgIpc) is 2.16. The molecule has 1 heterocycles. The van der Waals surface area contributed by atoms with Gasteiger partial charge in [-0.05, 0) is 32.5 Å². The third-order valence-electron chi connectivity index (χ3n) is 1.67. The Bertz CT molecular complexity index is 400. The van der Waals surface area contributed by atoms with Gasteiger partial charge in [0.1, 0.15) is 0 Å². The standard InChI is InChI=1S/C7H6F2IN3O2/c8-6(9)5-1-4(10)3(2-11)7(12-5)13(14)15/h1,6H,2,11H2. The molecule has 1 aromatic heterocycles. The molecule has 5 nitrogen and oxygen atoms in total. The van der Waals surface area contributed by atoms with Gasteiger partial charge in [-0.2, -0.15) is 0 Å². The van der Waals surface area contributed by atoms with Gasteiger partial charge in [-0.3, -0.25) is 0 Å². The van der Waals surface area contributed by atoms with E-state index in [0.717, 1.165) is 6.07 Å². The Hall–Kier alpha value is -0.900. The maximum absolute atomic E-state index is 12.3. The molecule has 8 heteroatoms. The summed E-state index contributed by atoms with van der Waals surface area (Å²) in [5, 5.41) is 10.5. The highest BCUT2D eigenvalue weighted by molar-refractivity contribution is 14.1. The van der Waals surface area contributed by atoms with Gasteiger partial charge in [0.2, 0.25) is 5.69 Å². The minimum Gasteiger partial charge on any atom is -0.358 e. The lowest BCUT2D eigenvalue weighted by molar-refractivity contribution is -0.390. The molecular weight excluding hydrogens is 323 g/mol. The van der Waals surface area contributed by atoms with Crippen LogP contribution in [0.15, 0.2) is 6.07 Å². The van der Waals surface area contributed by atoms with Crippen LogP contribution in [0.5, 0.6) is 0 Å². The highest BCUT2D eigenvalue weighted by Gasteiger charge is 2.24. The van der Waals surface area contributed by atoms with Crippen LogP contribution in [-0.4, -0.2) is 9.91 Å². The summed E-state index contributed by atoms with van der Waals surface area (Å²) in [5.41, 5.74) is 4.84. The van der Waals surface area contributed by atoms with Crippen LogP contribution in [0.3, 0.4) is 0 Å². The second-order valence-electron chi connectivity index (χ2n) is 2.59. The van der Waals surface area contributed by atoms with Gasteiger partial charge in [-0.15, -0.1) is 0 Å². The van der Waals surface area contributed by atoms with E-state index in [1.54, 1.807) is 22.6 Å². The van der Waals surface area contributed by atoms with Gasteiger partial charge < -0.3 is 15.8 Å². The number of nitro groups is 1. The van der Waals surface area contributed by atoms with Crippen LogP contribution in [0.25, 0.3) is 0 Å². The molecular formula is C7H6F2IN3O2. The molecule has 0 radical (unpaired) electrons. The van der Waals surface area contributed by atoms with Gasteiger partial charge in [-0.1, -0.05) is 0 Å². The Balaban J connectivity index is 3.38. The zero-order chi connectivity index (χ0) is 11.6. The van der Waals surface area contributed by atoms with E-state index in [9.17, 15) is 18.9 Å². The summed E-state index contributed by atoms with van der Waals surface area (Å²) in [5.74, 6) is -0.597. The smallest absolute Gasteiger partial charge is 0.358 e. The zero-order valence-electron chi connectivity index (χ0n) is 7.28. The first kappa shape index (κ1) is 12.2. The third-order valence-corrected chi connectivity index (χ3v) is 2.63. The van der Waals surface area contributed by atoms with Gasteiger partial charge in [0.25, 0.3) is 0 Å². The first-order chi connectivity index (χ1) is 6.97. The summed E-state index contributed by atoms with van der Waals surface area (Å²) >= 11 is 1.72. The Labute approximate surface area is 97.0 Å². The minimum absolute atomic E-state index is 0.106. The quantitative estimate of drug-likeness (QED) is 0.522.